The van der Waals surface area contributed by atoms with E-state index >= 15 is 0 Å². The zero-order valence-corrected chi connectivity index (χ0v) is 12.5. The Kier molecular flexibility index (Phi) is 4.52. The Balaban J connectivity index is 2.14. The molecule has 0 aliphatic carbocycles. The fraction of sp³-hybridized carbons (Fsp3) is 0.615. The number of thiocarbonyl (C=S) groups is 1. The molecule has 1 saturated heterocycles. The van der Waals surface area contributed by atoms with Crippen molar-refractivity contribution in [2.75, 3.05) is 30.4 Å². The summed E-state index contributed by atoms with van der Waals surface area (Å²) in [6.07, 6.45) is 2.45. The number of nitrogens with zero attached hydrogens (tertiary/aromatic N) is 3. The molecule has 2 rings (SSSR count). The fourth-order valence-electron chi connectivity index (χ4n) is 2.17. The van der Waals surface area contributed by atoms with Crippen LogP contribution in [0.3, 0.4) is 0 Å². The molecule has 0 radical (unpaired) electrons. The lowest BCUT2D eigenvalue weighted by Crippen LogP contribution is -2.34. The standard InChI is InChI=1S/C13H21N5S/c1-9-4-6-18(7-5-9)11-8-10(2)15-12(16-11)17-13(19)14-3/h8-9H,4-7H2,1-3H3,(H2,14,15,16,17,19). The third kappa shape index (κ3) is 3.76. The number of hydrogen-bond donors (Lipinski definition) is 2. The van der Waals surface area contributed by atoms with Crippen LogP contribution in [-0.2, 0) is 0 Å². The average molecular weight is 279 g/mol. The molecule has 2 heterocycles. The second-order valence-electron chi connectivity index (χ2n) is 5.06. The molecule has 1 aliphatic rings. The quantitative estimate of drug-likeness (QED) is 0.807. The van der Waals surface area contributed by atoms with E-state index in [1.54, 1.807) is 7.05 Å². The van der Waals surface area contributed by atoms with Crippen LogP contribution in [0.25, 0.3) is 0 Å². The summed E-state index contributed by atoms with van der Waals surface area (Å²) in [6, 6.07) is 2.03. The van der Waals surface area contributed by atoms with Gasteiger partial charge in [-0.25, -0.2) is 4.98 Å². The van der Waals surface area contributed by atoms with Gasteiger partial charge in [-0.2, -0.15) is 4.98 Å². The number of nitrogens with one attached hydrogen (secondary N) is 2. The number of rotatable bonds is 2. The molecule has 0 saturated carbocycles. The molecule has 1 fully saturated rings. The lowest BCUT2D eigenvalue weighted by Gasteiger charge is -2.31. The highest BCUT2D eigenvalue weighted by Crippen LogP contribution is 2.22. The lowest BCUT2D eigenvalue weighted by molar-refractivity contribution is 0.436. The Bertz CT molecular complexity index is 454. The molecule has 0 spiro atoms. The molecule has 0 unspecified atom stereocenters. The molecule has 6 heteroatoms. The Morgan fingerprint density at radius 3 is 2.68 bits per heavy atom. The van der Waals surface area contributed by atoms with E-state index in [0.29, 0.717) is 11.1 Å². The molecule has 0 aromatic carbocycles. The minimum absolute atomic E-state index is 0.531. The SMILES string of the molecule is CNC(=S)Nc1nc(C)cc(N2CCC(C)CC2)n1. The van der Waals surface area contributed by atoms with E-state index in [9.17, 15) is 0 Å². The minimum atomic E-state index is 0.531. The molecule has 19 heavy (non-hydrogen) atoms. The normalized spacial score (nSPS) is 16.3. The summed E-state index contributed by atoms with van der Waals surface area (Å²) in [7, 11) is 1.78. The molecule has 1 aliphatic heterocycles. The second-order valence-corrected chi connectivity index (χ2v) is 5.47. The van der Waals surface area contributed by atoms with Crippen molar-refractivity contribution in [3.05, 3.63) is 11.8 Å². The van der Waals surface area contributed by atoms with Crippen molar-refractivity contribution in [3.8, 4) is 0 Å². The van der Waals surface area contributed by atoms with Crippen LogP contribution in [0, 0.1) is 12.8 Å². The number of piperidine rings is 1. The zero-order valence-electron chi connectivity index (χ0n) is 11.7. The van der Waals surface area contributed by atoms with E-state index in [-0.39, 0.29) is 0 Å². The maximum atomic E-state index is 5.08. The predicted molar refractivity (Wildman–Crippen MR) is 82.7 cm³/mol. The van der Waals surface area contributed by atoms with E-state index in [0.717, 1.165) is 30.5 Å². The van der Waals surface area contributed by atoms with E-state index < -0.39 is 0 Å². The van der Waals surface area contributed by atoms with E-state index in [1.165, 1.54) is 12.8 Å². The van der Waals surface area contributed by atoms with Crippen molar-refractivity contribution in [1.29, 1.82) is 0 Å². The monoisotopic (exact) mass is 279 g/mol. The summed E-state index contributed by atoms with van der Waals surface area (Å²) in [5, 5.41) is 6.39. The van der Waals surface area contributed by atoms with Crippen molar-refractivity contribution >= 4 is 29.1 Å². The predicted octanol–water partition coefficient (Wildman–Crippen LogP) is 1.94. The topological polar surface area (TPSA) is 53.1 Å². The maximum Gasteiger partial charge on any atom is 0.231 e. The van der Waals surface area contributed by atoms with Crippen LogP contribution in [0.15, 0.2) is 6.07 Å². The smallest absolute Gasteiger partial charge is 0.231 e. The highest BCUT2D eigenvalue weighted by atomic mass is 32.1. The molecule has 0 amide bonds. The van der Waals surface area contributed by atoms with Crippen molar-refractivity contribution in [2.45, 2.75) is 26.7 Å². The van der Waals surface area contributed by atoms with Crippen LogP contribution in [-0.4, -0.2) is 35.2 Å². The van der Waals surface area contributed by atoms with Crippen molar-refractivity contribution in [2.24, 2.45) is 5.92 Å². The summed E-state index contributed by atoms with van der Waals surface area (Å²) in [5.41, 5.74) is 0.949. The third-order valence-electron chi connectivity index (χ3n) is 3.40. The third-order valence-corrected chi connectivity index (χ3v) is 3.71. The van der Waals surface area contributed by atoms with E-state index in [1.807, 2.05) is 13.0 Å². The second kappa shape index (κ2) is 6.14. The van der Waals surface area contributed by atoms with Gasteiger partial charge < -0.3 is 15.5 Å². The highest BCUT2D eigenvalue weighted by Gasteiger charge is 2.18. The average Bonchev–Trinajstić information content (AvgIpc) is 2.38. The van der Waals surface area contributed by atoms with Crippen LogP contribution < -0.4 is 15.5 Å². The molecular formula is C13H21N5S. The first-order valence-electron chi connectivity index (χ1n) is 6.68. The highest BCUT2D eigenvalue weighted by molar-refractivity contribution is 7.80. The Morgan fingerprint density at radius 1 is 1.37 bits per heavy atom. The molecule has 0 atom stereocenters. The Labute approximate surface area is 119 Å². The van der Waals surface area contributed by atoms with E-state index in [4.69, 9.17) is 12.2 Å². The van der Waals surface area contributed by atoms with Gasteiger partial charge in [0, 0.05) is 31.9 Å². The van der Waals surface area contributed by atoms with E-state index in [2.05, 4.69) is 32.4 Å². The van der Waals surface area contributed by atoms with Gasteiger partial charge in [0.2, 0.25) is 5.95 Å². The van der Waals surface area contributed by atoms with Gasteiger partial charge in [0.1, 0.15) is 5.82 Å². The Hall–Kier alpha value is -1.43. The van der Waals surface area contributed by atoms with Crippen LogP contribution in [0.5, 0.6) is 0 Å². The van der Waals surface area contributed by atoms with Crippen LogP contribution in [0.1, 0.15) is 25.5 Å². The van der Waals surface area contributed by atoms with Crippen molar-refractivity contribution < 1.29 is 0 Å². The van der Waals surface area contributed by atoms with Gasteiger partial charge >= 0.3 is 0 Å². The summed E-state index contributed by atoms with van der Waals surface area (Å²) in [6.45, 7) is 6.41. The van der Waals surface area contributed by atoms with Crippen molar-refractivity contribution in [3.63, 3.8) is 0 Å². The van der Waals surface area contributed by atoms with Gasteiger partial charge in [-0.05, 0) is 37.9 Å². The number of aromatic nitrogens is 2. The molecule has 104 valence electrons. The van der Waals surface area contributed by atoms with Crippen LogP contribution in [0.2, 0.25) is 0 Å². The van der Waals surface area contributed by atoms with Crippen LogP contribution >= 0.6 is 12.2 Å². The summed E-state index contributed by atoms with van der Waals surface area (Å²) >= 11 is 5.08. The van der Waals surface area contributed by atoms with Gasteiger partial charge in [-0.3, -0.25) is 0 Å². The first-order chi connectivity index (χ1) is 9.08. The molecule has 1 aromatic heterocycles. The summed E-state index contributed by atoms with van der Waals surface area (Å²) in [4.78, 5) is 11.2. The number of hydrogen-bond acceptors (Lipinski definition) is 4. The first kappa shape index (κ1) is 14.0. The van der Waals surface area contributed by atoms with Gasteiger partial charge in [-0.15, -0.1) is 0 Å². The largest absolute Gasteiger partial charge is 0.365 e. The first-order valence-corrected chi connectivity index (χ1v) is 7.08. The van der Waals surface area contributed by atoms with Gasteiger partial charge in [0.15, 0.2) is 5.11 Å². The number of anilines is 2. The molecular weight excluding hydrogens is 258 g/mol. The maximum absolute atomic E-state index is 5.08. The van der Waals surface area contributed by atoms with Crippen molar-refractivity contribution in [1.82, 2.24) is 15.3 Å². The van der Waals surface area contributed by atoms with Gasteiger partial charge in [0.25, 0.3) is 0 Å². The fourth-order valence-corrected chi connectivity index (χ4v) is 2.26. The summed E-state index contributed by atoms with van der Waals surface area (Å²) in [5.74, 6) is 2.36. The molecule has 5 nitrogen and oxygen atoms in total. The molecule has 1 aromatic rings. The molecule has 0 bridgehead atoms. The van der Waals surface area contributed by atoms with Crippen LogP contribution in [0.4, 0.5) is 11.8 Å². The van der Waals surface area contributed by atoms with Gasteiger partial charge in [0.05, 0.1) is 0 Å². The number of aryl methyl sites for hydroxylation is 1. The Morgan fingerprint density at radius 2 is 2.05 bits per heavy atom. The zero-order chi connectivity index (χ0) is 13.8. The summed E-state index contributed by atoms with van der Waals surface area (Å²) < 4.78 is 0. The lowest BCUT2D eigenvalue weighted by atomic mass is 9.99. The van der Waals surface area contributed by atoms with Gasteiger partial charge in [-0.1, -0.05) is 6.92 Å². The minimum Gasteiger partial charge on any atom is -0.365 e. The molecule has 2 N–H and O–H groups in total.